The van der Waals surface area contributed by atoms with Crippen molar-refractivity contribution < 1.29 is 0 Å². The van der Waals surface area contributed by atoms with E-state index in [4.69, 9.17) is 40.5 Å². The van der Waals surface area contributed by atoms with E-state index in [-0.39, 0.29) is 0 Å². The largest absolute Gasteiger partial charge is 0.393 e. The number of rotatable bonds is 5. The Kier molecular flexibility index (Phi) is 5.48. The van der Waals surface area contributed by atoms with E-state index < -0.39 is 0 Å². The fourth-order valence-electron chi connectivity index (χ4n) is 2.14. The highest BCUT2D eigenvalue weighted by Crippen LogP contribution is 2.31. The number of nitrogens with two attached hydrogens (primary N) is 1. The highest BCUT2D eigenvalue weighted by atomic mass is 35.5. The lowest BCUT2D eigenvalue weighted by Crippen LogP contribution is -2.08. The van der Waals surface area contributed by atoms with Crippen LogP contribution in [0.15, 0.2) is 48.8 Å². The Hall–Kier alpha value is -2.21. The Balaban J connectivity index is 1.76. The molecule has 0 radical (unpaired) electrons. The standard InChI is InChI=1S/C17H14Cl3N5/c18-11-3-1-10(2-4-11)8-22-16-15(21)17(24-9-23-16)25-14-6-5-12(19)7-13(14)20/h1-7,9H,8,21H2,(H2,22,23,24,25). The zero-order chi connectivity index (χ0) is 17.8. The Bertz CT molecular complexity index is 884. The van der Waals surface area contributed by atoms with Gasteiger partial charge in [0.2, 0.25) is 0 Å². The lowest BCUT2D eigenvalue weighted by molar-refractivity contribution is 1.09. The Morgan fingerprint density at radius 1 is 0.880 bits per heavy atom. The Morgan fingerprint density at radius 2 is 1.56 bits per heavy atom. The summed E-state index contributed by atoms with van der Waals surface area (Å²) in [6.07, 6.45) is 1.42. The van der Waals surface area contributed by atoms with Gasteiger partial charge in [-0.2, -0.15) is 0 Å². The van der Waals surface area contributed by atoms with Crippen molar-refractivity contribution in [1.82, 2.24) is 9.97 Å². The predicted octanol–water partition coefficient (Wildman–Crippen LogP) is 5.37. The van der Waals surface area contributed by atoms with Gasteiger partial charge in [0.15, 0.2) is 11.6 Å². The van der Waals surface area contributed by atoms with Gasteiger partial charge >= 0.3 is 0 Å². The van der Waals surface area contributed by atoms with Gasteiger partial charge in [0.05, 0.1) is 10.7 Å². The minimum atomic E-state index is 0.391. The second-order valence-corrected chi connectivity index (χ2v) is 6.49. The minimum absolute atomic E-state index is 0.391. The fourth-order valence-corrected chi connectivity index (χ4v) is 2.72. The molecule has 25 heavy (non-hydrogen) atoms. The third-order valence-corrected chi connectivity index (χ3v) is 4.24. The smallest absolute Gasteiger partial charge is 0.159 e. The fraction of sp³-hybridized carbons (Fsp3) is 0.0588. The number of aromatic nitrogens is 2. The number of anilines is 4. The molecule has 0 aliphatic carbocycles. The summed E-state index contributed by atoms with van der Waals surface area (Å²) in [6, 6.07) is 12.6. The molecule has 0 aliphatic heterocycles. The minimum Gasteiger partial charge on any atom is -0.393 e. The van der Waals surface area contributed by atoms with Crippen LogP contribution in [0.2, 0.25) is 15.1 Å². The molecule has 0 unspecified atom stereocenters. The average Bonchev–Trinajstić information content (AvgIpc) is 2.59. The summed E-state index contributed by atoms with van der Waals surface area (Å²) in [5.41, 5.74) is 8.26. The van der Waals surface area contributed by atoms with E-state index in [1.54, 1.807) is 18.2 Å². The maximum Gasteiger partial charge on any atom is 0.159 e. The number of hydrogen-bond acceptors (Lipinski definition) is 5. The van der Waals surface area contributed by atoms with Crippen molar-refractivity contribution >= 4 is 57.8 Å². The lowest BCUT2D eigenvalue weighted by Gasteiger charge is -2.13. The maximum absolute atomic E-state index is 6.17. The van der Waals surface area contributed by atoms with Crippen LogP contribution >= 0.6 is 34.8 Å². The first-order valence-corrected chi connectivity index (χ1v) is 8.47. The molecule has 0 bridgehead atoms. The number of benzene rings is 2. The Labute approximate surface area is 160 Å². The number of hydrogen-bond donors (Lipinski definition) is 3. The zero-order valence-electron chi connectivity index (χ0n) is 12.9. The molecule has 0 fully saturated rings. The number of nitrogens with zero attached hydrogens (tertiary/aromatic N) is 2. The van der Waals surface area contributed by atoms with Crippen LogP contribution in [0.1, 0.15) is 5.56 Å². The van der Waals surface area contributed by atoms with Crippen LogP contribution in [0.5, 0.6) is 0 Å². The average molecular weight is 395 g/mol. The molecule has 1 heterocycles. The van der Waals surface area contributed by atoms with Gasteiger partial charge in [0.1, 0.15) is 12.0 Å². The molecule has 0 aliphatic rings. The van der Waals surface area contributed by atoms with Gasteiger partial charge in [-0.1, -0.05) is 46.9 Å². The normalized spacial score (nSPS) is 10.5. The summed E-state index contributed by atoms with van der Waals surface area (Å²) < 4.78 is 0. The van der Waals surface area contributed by atoms with Crippen LogP contribution in [0.3, 0.4) is 0 Å². The van der Waals surface area contributed by atoms with Crippen molar-refractivity contribution in [2.75, 3.05) is 16.4 Å². The van der Waals surface area contributed by atoms with Gasteiger partial charge in [-0.3, -0.25) is 0 Å². The number of halogens is 3. The van der Waals surface area contributed by atoms with E-state index in [0.29, 0.717) is 44.6 Å². The van der Waals surface area contributed by atoms with Gasteiger partial charge in [-0.05, 0) is 35.9 Å². The highest BCUT2D eigenvalue weighted by Gasteiger charge is 2.10. The van der Waals surface area contributed by atoms with Crippen molar-refractivity contribution in [3.63, 3.8) is 0 Å². The molecule has 1 aromatic heterocycles. The van der Waals surface area contributed by atoms with Crippen LogP contribution in [0.25, 0.3) is 0 Å². The van der Waals surface area contributed by atoms with Gasteiger partial charge in [0, 0.05) is 16.6 Å². The van der Waals surface area contributed by atoms with E-state index >= 15 is 0 Å². The summed E-state index contributed by atoms with van der Waals surface area (Å²) in [4.78, 5) is 8.35. The summed E-state index contributed by atoms with van der Waals surface area (Å²) in [7, 11) is 0. The van der Waals surface area contributed by atoms with Crippen LogP contribution in [0, 0.1) is 0 Å². The molecule has 3 rings (SSSR count). The van der Waals surface area contributed by atoms with Gasteiger partial charge in [0.25, 0.3) is 0 Å². The molecule has 128 valence electrons. The molecule has 4 N–H and O–H groups in total. The SMILES string of the molecule is Nc1c(NCc2ccc(Cl)cc2)ncnc1Nc1ccc(Cl)cc1Cl. The lowest BCUT2D eigenvalue weighted by atomic mass is 10.2. The second-order valence-electron chi connectivity index (χ2n) is 5.21. The van der Waals surface area contributed by atoms with Gasteiger partial charge in [-0.25, -0.2) is 9.97 Å². The molecule has 5 nitrogen and oxygen atoms in total. The van der Waals surface area contributed by atoms with Crippen LogP contribution in [-0.2, 0) is 6.54 Å². The zero-order valence-corrected chi connectivity index (χ0v) is 15.2. The molecular weight excluding hydrogens is 381 g/mol. The van der Waals surface area contributed by atoms with E-state index in [1.165, 1.54) is 6.33 Å². The first-order valence-electron chi connectivity index (χ1n) is 7.34. The molecule has 0 saturated heterocycles. The topological polar surface area (TPSA) is 75.9 Å². The first kappa shape index (κ1) is 17.6. The molecule has 0 saturated carbocycles. The van der Waals surface area contributed by atoms with E-state index in [9.17, 15) is 0 Å². The van der Waals surface area contributed by atoms with E-state index in [0.717, 1.165) is 5.56 Å². The van der Waals surface area contributed by atoms with Gasteiger partial charge in [-0.15, -0.1) is 0 Å². The predicted molar refractivity (Wildman–Crippen MR) is 105 cm³/mol. The van der Waals surface area contributed by atoms with Crippen molar-refractivity contribution in [1.29, 1.82) is 0 Å². The van der Waals surface area contributed by atoms with Crippen LogP contribution < -0.4 is 16.4 Å². The van der Waals surface area contributed by atoms with Crippen LogP contribution in [0.4, 0.5) is 23.0 Å². The van der Waals surface area contributed by atoms with Crippen LogP contribution in [-0.4, -0.2) is 9.97 Å². The second kappa shape index (κ2) is 7.78. The molecule has 0 amide bonds. The molecule has 3 aromatic rings. The summed E-state index contributed by atoms with van der Waals surface area (Å²) in [5, 5.41) is 7.99. The van der Waals surface area contributed by atoms with Crippen molar-refractivity contribution in [2.24, 2.45) is 0 Å². The van der Waals surface area contributed by atoms with Crippen molar-refractivity contribution in [3.05, 3.63) is 69.4 Å². The third-order valence-electron chi connectivity index (χ3n) is 3.44. The third kappa shape index (κ3) is 4.45. The quantitative estimate of drug-likeness (QED) is 0.542. The molecule has 8 heteroatoms. The molecule has 2 aromatic carbocycles. The van der Waals surface area contributed by atoms with E-state index in [2.05, 4.69) is 20.6 Å². The summed E-state index contributed by atoms with van der Waals surface area (Å²) in [5.74, 6) is 0.982. The maximum atomic E-state index is 6.17. The monoisotopic (exact) mass is 393 g/mol. The number of nitrogen functional groups attached to an aromatic ring is 1. The molecule has 0 spiro atoms. The number of nitrogens with one attached hydrogen (secondary N) is 2. The first-order chi connectivity index (χ1) is 12.0. The summed E-state index contributed by atoms with van der Waals surface area (Å²) in [6.45, 7) is 0.555. The summed E-state index contributed by atoms with van der Waals surface area (Å²) >= 11 is 18.0. The van der Waals surface area contributed by atoms with E-state index in [1.807, 2.05) is 24.3 Å². The molecule has 0 atom stereocenters. The molecular formula is C17H14Cl3N5. The highest BCUT2D eigenvalue weighted by molar-refractivity contribution is 6.36. The van der Waals surface area contributed by atoms with Gasteiger partial charge < -0.3 is 16.4 Å². The van der Waals surface area contributed by atoms with Crippen molar-refractivity contribution in [2.45, 2.75) is 6.54 Å². The van der Waals surface area contributed by atoms with Crippen molar-refractivity contribution in [3.8, 4) is 0 Å². The Morgan fingerprint density at radius 3 is 2.28 bits per heavy atom.